The molecule has 0 aliphatic carbocycles. The molecule has 1 aromatic heterocycles. The number of nitrogens with zero attached hydrogens (tertiary/aromatic N) is 2. The standard InChI is InChI=1S/C21H15ClN2O2/c22-17-9-6-15(7-10-17)20-23-18-12-16(21(25)26)8-11-19(18)24(20)13-14-4-2-1-3-5-14/h1-12H,13H2,(H,25,26). The van der Waals surface area contributed by atoms with E-state index in [1.54, 1.807) is 12.1 Å². The first-order chi connectivity index (χ1) is 12.6. The third-order valence-corrected chi connectivity index (χ3v) is 4.53. The number of rotatable bonds is 4. The van der Waals surface area contributed by atoms with Crippen LogP contribution >= 0.6 is 11.6 Å². The summed E-state index contributed by atoms with van der Waals surface area (Å²) in [6, 6.07) is 22.6. The van der Waals surface area contributed by atoms with Gasteiger partial charge in [-0.15, -0.1) is 0 Å². The number of benzene rings is 3. The Kier molecular flexibility index (Phi) is 4.19. The van der Waals surface area contributed by atoms with Gasteiger partial charge in [-0.25, -0.2) is 9.78 Å². The predicted molar refractivity (Wildman–Crippen MR) is 103 cm³/mol. The molecule has 1 heterocycles. The van der Waals surface area contributed by atoms with Crippen LogP contribution in [-0.2, 0) is 6.54 Å². The quantitative estimate of drug-likeness (QED) is 0.549. The van der Waals surface area contributed by atoms with Crippen molar-refractivity contribution < 1.29 is 9.90 Å². The number of imidazole rings is 1. The number of hydrogen-bond acceptors (Lipinski definition) is 2. The van der Waals surface area contributed by atoms with Gasteiger partial charge >= 0.3 is 5.97 Å². The largest absolute Gasteiger partial charge is 0.478 e. The summed E-state index contributed by atoms with van der Waals surface area (Å²) in [5.41, 5.74) is 3.85. The van der Waals surface area contributed by atoms with Crippen LogP contribution in [0.1, 0.15) is 15.9 Å². The normalized spacial score (nSPS) is 11.0. The van der Waals surface area contributed by atoms with Gasteiger partial charge in [-0.2, -0.15) is 0 Å². The molecule has 0 spiro atoms. The van der Waals surface area contributed by atoms with Gasteiger partial charge in [0.25, 0.3) is 0 Å². The van der Waals surface area contributed by atoms with Gasteiger partial charge in [0.1, 0.15) is 5.82 Å². The minimum atomic E-state index is -0.961. The number of carboxylic acid groups (broad SMARTS) is 1. The van der Waals surface area contributed by atoms with Gasteiger partial charge in [-0.1, -0.05) is 41.9 Å². The summed E-state index contributed by atoms with van der Waals surface area (Å²) >= 11 is 6.01. The van der Waals surface area contributed by atoms with Gasteiger partial charge in [0.15, 0.2) is 0 Å². The van der Waals surface area contributed by atoms with Crippen molar-refractivity contribution >= 4 is 28.6 Å². The van der Waals surface area contributed by atoms with Crippen molar-refractivity contribution in [1.82, 2.24) is 9.55 Å². The summed E-state index contributed by atoms with van der Waals surface area (Å²) in [6.07, 6.45) is 0. The second-order valence-electron chi connectivity index (χ2n) is 6.02. The highest BCUT2D eigenvalue weighted by atomic mass is 35.5. The first-order valence-corrected chi connectivity index (χ1v) is 8.53. The number of carboxylic acids is 1. The van der Waals surface area contributed by atoms with E-state index in [9.17, 15) is 9.90 Å². The van der Waals surface area contributed by atoms with Crippen LogP contribution < -0.4 is 0 Å². The molecule has 0 fully saturated rings. The molecule has 0 saturated heterocycles. The summed E-state index contributed by atoms with van der Waals surface area (Å²) in [5.74, 6) is -0.180. The smallest absolute Gasteiger partial charge is 0.335 e. The maximum atomic E-state index is 11.3. The molecule has 1 N–H and O–H groups in total. The fraction of sp³-hybridized carbons (Fsp3) is 0.0476. The highest BCUT2D eigenvalue weighted by Crippen LogP contribution is 2.27. The third kappa shape index (κ3) is 3.07. The van der Waals surface area contributed by atoms with Crippen molar-refractivity contribution in [2.24, 2.45) is 0 Å². The first kappa shape index (κ1) is 16.4. The van der Waals surface area contributed by atoms with E-state index in [1.165, 1.54) is 0 Å². The zero-order valence-electron chi connectivity index (χ0n) is 13.8. The molecule has 3 aromatic carbocycles. The van der Waals surface area contributed by atoms with Crippen molar-refractivity contribution in [2.75, 3.05) is 0 Å². The molecule has 0 aliphatic heterocycles. The van der Waals surface area contributed by atoms with E-state index in [0.29, 0.717) is 17.1 Å². The Balaban J connectivity index is 1.91. The summed E-state index contributed by atoms with van der Waals surface area (Å²) in [4.78, 5) is 16.0. The topological polar surface area (TPSA) is 55.1 Å². The molecular weight excluding hydrogens is 348 g/mol. The van der Waals surface area contributed by atoms with E-state index in [0.717, 1.165) is 22.5 Å². The Labute approximate surface area is 155 Å². The Bertz CT molecular complexity index is 1090. The molecule has 0 amide bonds. The molecule has 5 heteroatoms. The minimum absolute atomic E-state index is 0.226. The lowest BCUT2D eigenvalue weighted by molar-refractivity contribution is 0.0697. The maximum absolute atomic E-state index is 11.3. The lowest BCUT2D eigenvalue weighted by Crippen LogP contribution is -2.02. The molecule has 0 saturated carbocycles. The second kappa shape index (κ2) is 6.65. The van der Waals surface area contributed by atoms with E-state index < -0.39 is 5.97 Å². The van der Waals surface area contributed by atoms with E-state index in [1.807, 2.05) is 48.5 Å². The molecule has 4 rings (SSSR count). The van der Waals surface area contributed by atoms with Gasteiger partial charge in [-0.3, -0.25) is 0 Å². The average Bonchev–Trinajstić information content (AvgIpc) is 3.01. The molecular formula is C21H15ClN2O2. The molecule has 0 bridgehead atoms. The number of carbonyl (C=O) groups is 1. The maximum Gasteiger partial charge on any atom is 0.335 e. The number of aromatic nitrogens is 2. The van der Waals surface area contributed by atoms with Crippen molar-refractivity contribution in [3.05, 3.63) is 88.9 Å². The first-order valence-electron chi connectivity index (χ1n) is 8.15. The van der Waals surface area contributed by atoms with Crippen molar-refractivity contribution in [3.8, 4) is 11.4 Å². The predicted octanol–water partition coefficient (Wildman–Crippen LogP) is 5.10. The Morgan fingerprint density at radius 2 is 1.73 bits per heavy atom. The monoisotopic (exact) mass is 362 g/mol. The molecule has 0 radical (unpaired) electrons. The highest BCUT2D eigenvalue weighted by molar-refractivity contribution is 6.30. The van der Waals surface area contributed by atoms with Crippen LogP contribution in [0.15, 0.2) is 72.8 Å². The van der Waals surface area contributed by atoms with Gasteiger partial charge < -0.3 is 9.67 Å². The van der Waals surface area contributed by atoms with E-state index >= 15 is 0 Å². The van der Waals surface area contributed by atoms with Crippen LogP contribution in [0, 0.1) is 0 Å². The summed E-state index contributed by atoms with van der Waals surface area (Å²) in [7, 11) is 0. The SMILES string of the molecule is O=C(O)c1ccc2c(c1)nc(-c1ccc(Cl)cc1)n2Cc1ccccc1. The molecule has 4 nitrogen and oxygen atoms in total. The van der Waals surface area contributed by atoms with E-state index in [2.05, 4.69) is 16.7 Å². The van der Waals surface area contributed by atoms with E-state index in [4.69, 9.17) is 16.6 Å². The average molecular weight is 363 g/mol. The Morgan fingerprint density at radius 3 is 2.42 bits per heavy atom. The Morgan fingerprint density at radius 1 is 1.00 bits per heavy atom. The van der Waals surface area contributed by atoms with Crippen LogP contribution in [0.25, 0.3) is 22.4 Å². The lowest BCUT2D eigenvalue weighted by Gasteiger charge is -2.10. The summed E-state index contributed by atoms with van der Waals surface area (Å²) in [6.45, 7) is 0.641. The van der Waals surface area contributed by atoms with Crippen LogP contribution in [-0.4, -0.2) is 20.6 Å². The number of fused-ring (bicyclic) bond motifs is 1. The minimum Gasteiger partial charge on any atom is -0.478 e. The van der Waals surface area contributed by atoms with Crippen molar-refractivity contribution in [2.45, 2.75) is 6.54 Å². The summed E-state index contributed by atoms with van der Waals surface area (Å²) in [5, 5.41) is 9.91. The zero-order valence-corrected chi connectivity index (χ0v) is 14.5. The van der Waals surface area contributed by atoms with Crippen molar-refractivity contribution in [1.29, 1.82) is 0 Å². The fourth-order valence-corrected chi connectivity index (χ4v) is 3.13. The number of halogens is 1. The molecule has 0 aliphatic rings. The van der Waals surface area contributed by atoms with Crippen LogP contribution in [0.5, 0.6) is 0 Å². The fourth-order valence-electron chi connectivity index (χ4n) is 3.01. The highest BCUT2D eigenvalue weighted by Gasteiger charge is 2.15. The molecule has 128 valence electrons. The number of aromatic carboxylic acids is 1. The van der Waals surface area contributed by atoms with Crippen LogP contribution in [0.4, 0.5) is 0 Å². The molecule has 26 heavy (non-hydrogen) atoms. The van der Waals surface area contributed by atoms with Crippen LogP contribution in [0.2, 0.25) is 5.02 Å². The Hall–Kier alpha value is -3.11. The molecule has 0 atom stereocenters. The molecule has 0 unspecified atom stereocenters. The van der Waals surface area contributed by atoms with Gasteiger partial charge in [0, 0.05) is 17.1 Å². The lowest BCUT2D eigenvalue weighted by atomic mass is 10.2. The molecule has 4 aromatic rings. The number of hydrogen-bond donors (Lipinski definition) is 1. The van der Waals surface area contributed by atoms with Crippen LogP contribution in [0.3, 0.4) is 0 Å². The zero-order chi connectivity index (χ0) is 18.1. The van der Waals surface area contributed by atoms with Gasteiger partial charge in [-0.05, 0) is 48.0 Å². The van der Waals surface area contributed by atoms with E-state index in [-0.39, 0.29) is 5.56 Å². The van der Waals surface area contributed by atoms with Gasteiger partial charge in [0.2, 0.25) is 0 Å². The second-order valence-corrected chi connectivity index (χ2v) is 6.46. The summed E-state index contributed by atoms with van der Waals surface area (Å²) < 4.78 is 2.10. The van der Waals surface area contributed by atoms with Gasteiger partial charge in [0.05, 0.1) is 16.6 Å². The third-order valence-electron chi connectivity index (χ3n) is 4.28. The van der Waals surface area contributed by atoms with Crippen molar-refractivity contribution in [3.63, 3.8) is 0 Å².